The van der Waals surface area contributed by atoms with E-state index in [0.717, 1.165) is 12.1 Å². The first-order valence-electron chi connectivity index (χ1n) is 7.83. The third-order valence-electron chi connectivity index (χ3n) is 3.91. The maximum Gasteiger partial charge on any atom is 0.414 e. The van der Waals surface area contributed by atoms with E-state index in [1.807, 2.05) is 0 Å². The number of benzene rings is 2. The lowest BCUT2D eigenvalue weighted by atomic mass is 10.2. The van der Waals surface area contributed by atoms with Gasteiger partial charge in [0.2, 0.25) is 0 Å². The number of rotatable bonds is 5. The largest absolute Gasteiger partial charge is 0.497 e. The molecular formula is C18H16F2N2O4. The van der Waals surface area contributed by atoms with Crippen molar-refractivity contribution in [3.8, 4) is 5.75 Å². The molecule has 1 N–H and O–H groups in total. The summed E-state index contributed by atoms with van der Waals surface area (Å²) in [6.45, 7) is 0.286. The van der Waals surface area contributed by atoms with Gasteiger partial charge in [-0.25, -0.2) is 13.6 Å². The number of carbonyl (C=O) groups is 2. The number of amides is 2. The molecule has 2 amide bonds. The van der Waals surface area contributed by atoms with Crippen LogP contribution in [-0.4, -0.2) is 38.3 Å². The van der Waals surface area contributed by atoms with E-state index in [0.29, 0.717) is 11.4 Å². The van der Waals surface area contributed by atoms with Crippen LogP contribution in [0.15, 0.2) is 42.5 Å². The molecule has 2 aromatic carbocycles. The first-order valence-corrected chi connectivity index (χ1v) is 7.83. The van der Waals surface area contributed by atoms with E-state index < -0.39 is 29.7 Å². The van der Waals surface area contributed by atoms with Crippen LogP contribution in [0.5, 0.6) is 5.75 Å². The maximum absolute atomic E-state index is 13.2. The van der Waals surface area contributed by atoms with Gasteiger partial charge in [0.1, 0.15) is 11.9 Å². The number of nitrogens with zero attached hydrogens (tertiary/aromatic N) is 1. The van der Waals surface area contributed by atoms with Gasteiger partial charge in [-0.15, -0.1) is 0 Å². The highest BCUT2D eigenvalue weighted by molar-refractivity contribution is 5.94. The van der Waals surface area contributed by atoms with E-state index in [1.165, 1.54) is 18.1 Å². The number of cyclic esters (lactones) is 1. The molecule has 1 aliphatic rings. The Labute approximate surface area is 148 Å². The van der Waals surface area contributed by atoms with E-state index in [9.17, 15) is 18.4 Å². The van der Waals surface area contributed by atoms with Gasteiger partial charge < -0.3 is 14.8 Å². The van der Waals surface area contributed by atoms with Crippen molar-refractivity contribution in [2.45, 2.75) is 6.10 Å². The summed E-state index contributed by atoms with van der Waals surface area (Å²) >= 11 is 0. The molecule has 3 rings (SSSR count). The van der Waals surface area contributed by atoms with Gasteiger partial charge in [-0.2, -0.15) is 0 Å². The fourth-order valence-electron chi connectivity index (χ4n) is 2.56. The number of nitrogens with one attached hydrogen (secondary N) is 1. The third kappa shape index (κ3) is 3.74. The fraction of sp³-hybridized carbons (Fsp3) is 0.222. The zero-order valence-corrected chi connectivity index (χ0v) is 13.9. The van der Waals surface area contributed by atoms with Gasteiger partial charge in [0.05, 0.1) is 25.9 Å². The smallest absolute Gasteiger partial charge is 0.414 e. The van der Waals surface area contributed by atoms with Gasteiger partial charge >= 0.3 is 6.09 Å². The van der Waals surface area contributed by atoms with Crippen molar-refractivity contribution < 1.29 is 27.8 Å². The molecule has 1 aliphatic heterocycles. The molecule has 1 saturated heterocycles. The maximum atomic E-state index is 13.2. The Kier molecular flexibility index (Phi) is 5.01. The van der Waals surface area contributed by atoms with E-state index >= 15 is 0 Å². The molecule has 1 atom stereocenters. The van der Waals surface area contributed by atoms with Gasteiger partial charge in [0.15, 0.2) is 11.6 Å². The third-order valence-corrected chi connectivity index (χ3v) is 3.91. The number of hydrogen-bond donors (Lipinski definition) is 1. The van der Waals surface area contributed by atoms with Crippen LogP contribution in [-0.2, 0) is 4.74 Å². The van der Waals surface area contributed by atoms with E-state index in [4.69, 9.17) is 9.47 Å². The summed E-state index contributed by atoms with van der Waals surface area (Å²) in [7, 11) is 1.53. The fourth-order valence-corrected chi connectivity index (χ4v) is 2.56. The van der Waals surface area contributed by atoms with Crippen molar-refractivity contribution in [2.24, 2.45) is 0 Å². The first-order chi connectivity index (χ1) is 12.5. The van der Waals surface area contributed by atoms with Crippen LogP contribution in [0.2, 0.25) is 0 Å². The molecule has 0 aromatic heterocycles. The lowest BCUT2D eigenvalue weighted by Crippen LogP contribution is -2.34. The lowest BCUT2D eigenvalue weighted by molar-refractivity contribution is 0.0915. The van der Waals surface area contributed by atoms with Crippen molar-refractivity contribution in [1.82, 2.24) is 5.32 Å². The van der Waals surface area contributed by atoms with Crippen molar-refractivity contribution >= 4 is 17.7 Å². The number of ether oxygens (including phenoxy) is 2. The summed E-state index contributed by atoms with van der Waals surface area (Å²) in [5.41, 5.74) is 0.599. The summed E-state index contributed by atoms with van der Waals surface area (Å²) < 4.78 is 36.5. The number of hydrogen-bond acceptors (Lipinski definition) is 4. The molecule has 1 unspecified atom stereocenters. The molecule has 1 heterocycles. The average Bonchev–Trinajstić information content (AvgIpc) is 3.02. The van der Waals surface area contributed by atoms with Gasteiger partial charge in [-0.05, 0) is 30.3 Å². The zero-order chi connectivity index (χ0) is 18.7. The lowest BCUT2D eigenvalue weighted by Gasteiger charge is -2.14. The van der Waals surface area contributed by atoms with Crippen molar-refractivity contribution in [3.63, 3.8) is 0 Å². The minimum Gasteiger partial charge on any atom is -0.497 e. The van der Waals surface area contributed by atoms with Crippen LogP contribution >= 0.6 is 0 Å². The molecule has 0 spiro atoms. The summed E-state index contributed by atoms with van der Waals surface area (Å²) in [6.07, 6.45) is -1.10. The quantitative estimate of drug-likeness (QED) is 0.888. The number of carbonyl (C=O) groups excluding carboxylic acids is 2. The second-order valence-corrected chi connectivity index (χ2v) is 5.66. The molecule has 0 saturated carbocycles. The molecule has 0 bridgehead atoms. The molecule has 6 nitrogen and oxygen atoms in total. The second kappa shape index (κ2) is 7.38. The average molecular weight is 362 g/mol. The SMILES string of the molecule is COc1cccc(N2CC(CNC(=O)c3ccc(F)c(F)c3)OC2=O)c1. The molecule has 26 heavy (non-hydrogen) atoms. The number of anilines is 1. The standard InChI is InChI=1S/C18H16F2N2O4/c1-25-13-4-2-3-12(8-13)22-10-14(26-18(22)24)9-21-17(23)11-5-6-15(19)16(20)7-11/h2-8,14H,9-10H2,1H3,(H,21,23). The predicted molar refractivity (Wildman–Crippen MR) is 89.3 cm³/mol. The Hall–Kier alpha value is -3.16. The summed E-state index contributed by atoms with van der Waals surface area (Å²) in [5, 5.41) is 2.55. The minimum absolute atomic E-state index is 0.0159. The molecule has 2 aromatic rings. The summed E-state index contributed by atoms with van der Waals surface area (Å²) in [6, 6.07) is 9.81. The van der Waals surface area contributed by atoms with Crippen molar-refractivity contribution in [2.75, 3.05) is 25.1 Å². The van der Waals surface area contributed by atoms with Gasteiger partial charge in [-0.1, -0.05) is 6.07 Å². The van der Waals surface area contributed by atoms with Gasteiger partial charge in [-0.3, -0.25) is 9.69 Å². The van der Waals surface area contributed by atoms with Crippen LogP contribution < -0.4 is 15.0 Å². The molecule has 136 valence electrons. The highest BCUT2D eigenvalue weighted by Crippen LogP contribution is 2.25. The van der Waals surface area contributed by atoms with Crippen LogP contribution in [0.4, 0.5) is 19.3 Å². The molecule has 0 radical (unpaired) electrons. The molecule has 1 fully saturated rings. The summed E-state index contributed by atoms with van der Waals surface area (Å²) in [5.74, 6) is -2.11. The second-order valence-electron chi connectivity index (χ2n) is 5.66. The van der Waals surface area contributed by atoms with Crippen LogP contribution in [0, 0.1) is 11.6 Å². The Bertz CT molecular complexity index is 844. The van der Waals surface area contributed by atoms with Crippen LogP contribution in [0.25, 0.3) is 0 Å². The monoisotopic (exact) mass is 362 g/mol. The molecule has 8 heteroatoms. The molecule has 0 aliphatic carbocycles. The number of halogens is 2. The van der Waals surface area contributed by atoms with Crippen LogP contribution in [0.1, 0.15) is 10.4 Å². The summed E-state index contributed by atoms with van der Waals surface area (Å²) in [4.78, 5) is 25.5. The topological polar surface area (TPSA) is 67.9 Å². The van der Waals surface area contributed by atoms with Crippen LogP contribution in [0.3, 0.4) is 0 Å². The van der Waals surface area contributed by atoms with Crippen molar-refractivity contribution in [3.05, 3.63) is 59.7 Å². The Morgan fingerprint density at radius 1 is 1.27 bits per heavy atom. The Morgan fingerprint density at radius 3 is 2.81 bits per heavy atom. The Morgan fingerprint density at radius 2 is 2.08 bits per heavy atom. The normalized spacial score (nSPS) is 16.3. The predicted octanol–water partition coefficient (Wildman–Crippen LogP) is 2.73. The van der Waals surface area contributed by atoms with E-state index in [1.54, 1.807) is 24.3 Å². The van der Waals surface area contributed by atoms with E-state index in [-0.39, 0.29) is 18.7 Å². The van der Waals surface area contributed by atoms with Crippen molar-refractivity contribution in [1.29, 1.82) is 0 Å². The first kappa shape index (κ1) is 17.7. The Balaban J connectivity index is 1.60. The van der Waals surface area contributed by atoms with E-state index in [2.05, 4.69) is 5.32 Å². The molecular weight excluding hydrogens is 346 g/mol. The minimum atomic E-state index is -1.10. The number of methoxy groups -OCH3 is 1. The highest BCUT2D eigenvalue weighted by atomic mass is 19.2. The highest BCUT2D eigenvalue weighted by Gasteiger charge is 2.32. The zero-order valence-electron chi connectivity index (χ0n) is 13.9. The van der Waals surface area contributed by atoms with Gasteiger partial charge in [0.25, 0.3) is 5.91 Å². The van der Waals surface area contributed by atoms with Gasteiger partial charge in [0, 0.05) is 11.6 Å².